The molecule has 0 aliphatic heterocycles. The van der Waals surface area contributed by atoms with Crippen LogP contribution in [-0.4, -0.2) is 57.2 Å². The fourth-order valence-electron chi connectivity index (χ4n) is 2.17. The van der Waals surface area contributed by atoms with E-state index in [0.717, 1.165) is 6.42 Å². The first-order chi connectivity index (χ1) is 11.6. The van der Waals surface area contributed by atoms with E-state index in [-0.39, 0.29) is 24.9 Å². The Labute approximate surface area is 153 Å². The summed E-state index contributed by atoms with van der Waals surface area (Å²) in [6.45, 7) is 10.4. The molecular weight excluding hydrogens is 348 g/mol. The number of unbranched alkanes of at least 4 members (excludes halogenated alkanes) is 3. The highest BCUT2D eigenvalue weighted by atomic mass is 32.3. The molecule has 0 rings (SSSR count). The SMILES string of the molecule is CCCCCCC(C)OCC(C)OCC(C)OCC(C)OS(=O)(=O)[O-]. The standard InChI is InChI=1S/C17H36O7S/c1-6-7-8-9-10-14(2)21-11-15(3)22-12-16(4)23-13-17(5)24-25(18,19)20/h14-17H,6-13H2,1-5H3,(H,18,19,20)/p-1. The Hall–Kier alpha value is -0.250. The van der Waals surface area contributed by atoms with Crippen LogP contribution in [0.1, 0.15) is 66.7 Å². The van der Waals surface area contributed by atoms with Gasteiger partial charge in [0.25, 0.3) is 0 Å². The van der Waals surface area contributed by atoms with Crippen LogP contribution in [-0.2, 0) is 28.8 Å². The molecular formula is C17H35O7S-. The lowest BCUT2D eigenvalue weighted by atomic mass is 10.1. The van der Waals surface area contributed by atoms with E-state index in [1.807, 2.05) is 13.8 Å². The minimum absolute atomic E-state index is 0.00563. The summed E-state index contributed by atoms with van der Waals surface area (Å²) in [5.41, 5.74) is 0. The molecule has 4 unspecified atom stereocenters. The Morgan fingerprint density at radius 2 is 1.24 bits per heavy atom. The lowest BCUT2D eigenvalue weighted by Crippen LogP contribution is -2.28. The zero-order valence-electron chi connectivity index (χ0n) is 16.2. The smallest absolute Gasteiger partial charge is 0.217 e. The minimum Gasteiger partial charge on any atom is -0.726 e. The highest BCUT2D eigenvalue weighted by Gasteiger charge is 2.12. The molecule has 25 heavy (non-hydrogen) atoms. The van der Waals surface area contributed by atoms with Gasteiger partial charge in [0.2, 0.25) is 10.4 Å². The van der Waals surface area contributed by atoms with Crippen molar-refractivity contribution in [3.63, 3.8) is 0 Å². The third-order valence-electron chi connectivity index (χ3n) is 3.59. The highest BCUT2D eigenvalue weighted by molar-refractivity contribution is 7.80. The predicted molar refractivity (Wildman–Crippen MR) is 95.2 cm³/mol. The van der Waals surface area contributed by atoms with Crippen molar-refractivity contribution in [3.05, 3.63) is 0 Å². The second-order valence-electron chi connectivity index (χ2n) is 6.60. The molecule has 0 saturated heterocycles. The van der Waals surface area contributed by atoms with Crippen LogP contribution in [0.2, 0.25) is 0 Å². The quantitative estimate of drug-likeness (QED) is 0.230. The average Bonchev–Trinajstić information content (AvgIpc) is 2.51. The summed E-state index contributed by atoms with van der Waals surface area (Å²) in [4.78, 5) is 0. The monoisotopic (exact) mass is 383 g/mol. The number of hydrogen-bond acceptors (Lipinski definition) is 7. The topological polar surface area (TPSA) is 94.1 Å². The molecule has 0 radical (unpaired) electrons. The van der Waals surface area contributed by atoms with Gasteiger partial charge in [-0.1, -0.05) is 32.6 Å². The Balaban J connectivity index is 3.74. The molecule has 0 bridgehead atoms. The number of ether oxygens (including phenoxy) is 3. The van der Waals surface area contributed by atoms with Crippen molar-refractivity contribution in [2.24, 2.45) is 0 Å². The van der Waals surface area contributed by atoms with Crippen molar-refractivity contribution in [2.75, 3.05) is 19.8 Å². The molecule has 7 nitrogen and oxygen atoms in total. The lowest BCUT2D eigenvalue weighted by molar-refractivity contribution is -0.0770. The van der Waals surface area contributed by atoms with E-state index in [4.69, 9.17) is 14.2 Å². The molecule has 0 fully saturated rings. The Kier molecular flexibility index (Phi) is 13.7. The fourth-order valence-corrected chi connectivity index (χ4v) is 2.62. The maximum absolute atomic E-state index is 10.5. The third kappa shape index (κ3) is 16.9. The predicted octanol–water partition coefficient (Wildman–Crippen LogP) is 3.04. The first-order valence-electron chi connectivity index (χ1n) is 9.13. The first-order valence-corrected chi connectivity index (χ1v) is 10.5. The molecule has 0 heterocycles. The van der Waals surface area contributed by atoms with Gasteiger partial charge in [-0.05, 0) is 34.1 Å². The van der Waals surface area contributed by atoms with Crippen molar-refractivity contribution >= 4 is 10.4 Å². The molecule has 0 aliphatic rings. The minimum atomic E-state index is -4.70. The largest absolute Gasteiger partial charge is 0.726 e. The van der Waals surface area contributed by atoms with Gasteiger partial charge in [-0.3, -0.25) is 4.18 Å². The second-order valence-corrected chi connectivity index (χ2v) is 7.61. The van der Waals surface area contributed by atoms with Crippen LogP contribution < -0.4 is 0 Å². The summed E-state index contributed by atoms with van der Waals surface area (Å²) in [5, 5.41) is 0. The highest BCUT2D eigenvalue weighted by Crippen LogP contribution is 2.09. The van der Waals surface area contributed by atoms with E-state index in [9.17, 15) is 13.0 Å². The van der Waals surface area contributed by atoms with Gasteiger partial charge in [-0.15, -0.1) is 0 Å². The van der Waals surface area contributed by atoms with Crippen LogP contribution in [0.15, 0.2) is 0 Å². The Bertz CT molecular complexity index is 413. The van der Waals surface area contributed by atoms with E-state index < -0.39 is 16.5 Å². The molecule has 0 aromatic carbocycles. The van der Waals surface area contributed by atoms with Crippen LogP contribution in [0.5, 0.6) is 0 Å². The molecule has 0 saturated carbocycles. The van der Waals surface area contributed by atoms with Crippen molar-refractivity contribution in [1.29, 1.82) is 0 Å². The molecule has 152 valence electrons. The van der Waals surface area contributed by atoms with Crippen LogP contribution in [0.25, 0.3) is 0 Å². The average molecular weight is 384 g/mol. The van der Waals surface area contributed by atoms with E-state index in [0.29, 0.717) is 13.2 Å². The Morgan fingerprint density at radius 1 is 0.760 bits per heavy atom. The van der Waals surface area contributed by atoms with Gasteiger partial charge in [-0.25, -0.2) is 8.42 Å². The summed E-state index contributed by atoms with van der Waals surface area (Å²) in [6.07, 6.45) is 5.12. The van der Waals surface area contributed by atoms with Gasteiger partial charge < -0.3 is 18.8 Å². The van der Waals surface area contributed by atoms with E-state index in [1.165, 1.54) is 32.6 Å². The van der Waals surface area contributed by atoms with Crippen molar-refractivity contribution in [3.8, 4) is 0 Å². The van der Waals surface area contributed by atoms with Crippen molar-refractivity contribution in [1.82, 2.24) is 0 Å². The number of hydrogen-bond donors (Lipinski definition) is 0. The van der Waals surface area contributed by atoms with E-state index in [2.05, 4.69) is 18.0 Å². The maximum atomic E-state index is 10.5. The summed E-state index contributed by atoms with van der Waals surface area (Å²) < 4.78 is 52.5. The fraction of sp³-hybridized carbons (Fsp3) is 1.00. The molecule has 0 aromatic heterocycles. The van der Waals surface area contributed by atoms with Gasteiger partial charge in [0.15, 0.2) is 0 Å². The lowest BCUT2D eigenvalue weighted by Gasteiger charge is -2.21. The van der Waals surface area contributed by atoms with Gasteiger partial charge in [0.1, 0.15) is 0 Å². The van der Waals surface area contributed by atoms with Gasteiger partial charge in [0, 0.05) is 0 Å². The molecule has 0 aliphatic carbocycles. The second kappa shape index (κ2) is 13.9. The number of rotatable bonds is 16. The van der Waals surface area contributed by atoms with E-state index in [1.54, 1.807) is 0 Å². The van der Waals surface area contributed by atoms with Crippen LogP contribution in [0, 0.1) is 0 Å². The molecule has 0 aromatic rings. The molecule has 0 amide bonds. The summed E-state index contributed by atoms with van der Waals surface area (Å²) in [7, 11) is -4.70. The summed E-state index contributed by atoms with van der Waals surface area (Å²) in [5.74, 6) is 0. The van der Waals surface area contributed by atoms with Crippen LogP contribution in [0.3, 0.4) is 0 Å². The first kappa shape index (κ1) is 24.8. The van der Waals surface area contributed by atoms with Gasteiger partial charge in [-0.2, -0.15) is 0 Å². The van der Waals surface area contributed by atoms with Crippen molar-refractivity contribution in [2.45, 2.75) is 91.1 Å². The summed E-state index contributed by atoms with van der Waals surface area (Å²) >= 11 is 0. The van der Waals surface area contributed by atoms with Crippen LogP contribution >= 0.6 is 0 Å². The van der Waals surface area contributed by atoms with E-state index >= 15 is 0 Å². The maximum Gasteiger partial charge on any atom is 0.217 e. The zero-order valence-corrected chi connectivity index (χ0v) is 17.0. The van der Waals surface area contributed by atoms with Crippen LogP contribution in [0.4, 0.5) is 0 Å². The molecule has 4 atom stereocenters. The molecule has 0 spiro atoms. The van der Waals surface area contributed by atoms with Gasteiger partial charge >= 0.3 is 0 Å². The third-order valence-corrected chi connectivity index (χ3v) is 4.16. The molecule has 0 N–H and O–H groups in total. The van der Waals surface area contributed by atoms with Crippen molar-refractivity contribution < 1.29 is 31.4 Å². The normalized spacial score (nSPS) is 17.2. The zero-order chi connectivity index (χ0) is 19.3. The molecule has 8 heteroatoms. The Morgan fingerprint density at radius 3 is 1.72 bits per heavy atom. The van der Waals surface area contributed by atoms with Gasteiger partial charge in [0.05, 0.1) is 44.2 Å². The summed E-state index contributed by atoms with van der Waals surface area (Å²) in [6, 6.07) is 0.